The molecule has 1 heterocycles. The number of hydrogen-bond acceptors (Lipinski definition) is 2. The lowest BCUT2D eigenvalue weighted by atomic mass is 9.82. The lowest BCUT2D eigenvalue weighted by Gasteiger charge is -2.23. The van der Waals surface area contributed by atoms with E-state index in [9.17, 15) is 4.79 Å². The van der Waals surface area contributed by atoms with Gasteiger partial charge in [-0.05, 0) is 30.2 Å². The number of rotatable bonds is 5. The highest BCUT2D eigenvalue weighted by atomic mass is 16.5. The molecule has 1 saturated heterocycles. The number of Topliss-reactive ketones (excluding diaryl/α,β-unsaturated/α-hetero) is 1. The number of hydrogen-bond donors (Lipinski definition) is 0. The molecule has 2 nitrogen and oxygen atoms in total. The molecular weight excluding hydrogens is 236 g/mol. The van der Waals surface area contributed by atoms with Gasteiger partial charge in [-0.3, -0.25) is 4.79 Å². The highest BCUT2D eigenvalue weighted by molar-refractivity contribution is 5.96. The van der Waals surface area contributed by atoms with Crippen molar-refractivity contribution in [3.63, 3.8) is 0 Å². The summed E-state index contributed by atoms with van der Waals surface area (Å²) in [5, 5.41) is 0. The molecule has 1 unspecified atom stereocenters. The van der Waals surface area contributed by atoms with Crippen molar-refractivity contribution in [2.24, 2.45) is 0 Å². The van der Waals surface area contributed by atoms with Gasteiger partial charge in [0.25, 0.3) is 0 Å². The molecular formula is C17H24O2. The Morgan fingerprint density at radius 2 is 2.00 bits per heavy atom. The van der Waals surface area contributed by atoms with Crippen LogP contribution in [-0.2, 0) is 10.2 Å². The largest absolute Gasteiger partial charge is 0.378 e. The van der Waals surface area contributed by atoms with Gasteiger partial charge in [-0.2, -0.15) is 0 Å². The van der Waals surface area contributed by atoms with E-state index in [1.54, 1.807) is 0 Å². The minimum atomic E-state index is 0.138. The molecule has 0 amide bonds. The molecule has 1 aliphatic heterocycles. The van der Waals surface area contributed by atoms with E-state index in [2.05, 4.69) is 32.9 Å². The zero-order valence-electron chi connectivity index (χ0n) is 12.2. The van der Waals surface area contributed by atoms with E-state index in [1.807, 2.05) is 12.1 Å². The Balaban J connectivity index is 2.03. The third-order valence-corrected chi connectivity index (χ3v) is 4.31. The van der Waals surface area contributed by atoms with Crippen molar-refractivity contribution in [3.8, 4) is 0 Å². The standard InChI is InChI=1S/C17H24O2/c1-4-17(2,3)14-9-7-13(8-10-14)16(18)12-15-6-5-11-19-15/h7-10,15H,4-6,11-12H2,1-3H3. The first-order chi connectivity index (χ1) is 9.03. The molecule has 0 spiro atoms. The summed E-state index contributed by atoms with van der Waals surface area (Å²) in [7, 11) is 0. The number of carbonyl (C=O) groups excluding carboxylic acids is 1. The molecule has 1 atom stereocenters. The van der Waals surface area contributed by atoms with Gasteiger partial charge in [-0.15, -0.1) is 0 Å². The lowest BCUT2D eigenvalue weighted by molar-refractivity contribution is 0.0775. The Labute approximate surface area is 116 Å². The minimum Gasteiger partial charge on any atom is -0.378 e. The molecule has 0 aromatic heterocycles. The van der Waals surface area contributed by atoms with Gasteiger partial charge >= 0.3 is 0 Å². The second-order valence-electron chi connectivity index (χ2n) is 6.08. The Morgan fingerprint density at radius 1 is 1.32 bits per heavy atom. The molecule has 104 valence electrons. The van der Waals surface area contributed by atoms with Crippen LogP contribution in [0.25, 0.3) is 0 Å². The highest BCUT2D eigenvalue weighted by Crippen LogP contribution is 2.27. The maximum atomic E-state index is 12.2. The fraction of sp³-hybridized carbons (Fsp3) is 0.588. The first-order valence-corrected chi connectivity index (χ1v) is 7.28. The molecule has 2 heteroatoms. The van der Waals surface area contributed by atoms with Crippen LogP contribution in [0.1, 0.15) is 62.4 Å². The normalized spacial score (nSPS) is 19.6. The fourth-order valence-corrected chi connectivity index (χ4v) is 2.44. The average Bonchev–Trinajstić information content (AvgIpc) is 2.91. The van der Waals surface area contributed by atoms with Gasteiger partial charge < -0.3 is 4.74 Å². The summed E-state index contributed by atoms with van der Waals surface area (Å²) in [6.45, 7) is 7.46. The molecule has 0 N–H and O–H groups in total. The van der Waals surface area contributed by atoms with Crippen LogP contribution in [0.5, 0.6) is 0 Å². The van der Waals surface area contributed by atoms with Crippen molar-refractivity contribution in [2.75, 3.05) is 6.61 Å². The zero-order valence-corrected chi connectivity index (χ0v) is 12.2. The van der Waals surface area contributed by atoms with Crippen molar-refractivity contribution >= 4 is 5.78 Å². The van der Waals surface area contributed by atoms with Crippen molar-refractivity contribution in [1.82, 2.24) is 0 Å². The van der Waals surface area contributed by atoms with Gasteiger partial charge in [-0.25, -0.2) is 0 Å². The second kappa shape index (κ2) is 5.87. The predicted octanol–water partition coefficient (Wildman–Crippen LogP) is 4.13. The van der Waals surface area contributed by atoms with Crippen molar-refractivity contribution < 1.29 is 9.53 Å². The zero-order chi connectivity index (χ0) is 13.9. The first kappa shape index (κ1) is 14.3. The number of carbonyl (C=O) groups is 1. The second-order valence-corrected chi connectivity index (χ2v) is 6.08. The third kappa shape index (κ3) is 3.44. The third-order valence-electron chi connectivity index (χ3n) is 4.31. The highest BCUT2D eigenvalue weighted by Gasteiger charge is 2.21. The summed E-state index contributed by atoms with van der Waals surface area (Å²) in [4.78, 5) is 12.2. The van der Waals surface area contributed by atoms with Crippen LogP contribution in [0.15, 0.2) is 24.3 Å². The molecule has 0 radical (unpaired) electrons. The van der Waals surface area contributed by atoms with Crippen LogP contribution in [0.4, 0.5) is 0 Å². The van der Waals surface area contributed by atoms with Crippen LogP contribution in [-0.4, -0.2) is 18.5 Å². The van der Waals surface area contributed by atoms with E-state index in [1.165, 1.54) is 5.56 Å². The summed E-state index contributed by atoms with van der Waals surface area (Å²) in [5.74, 6) is 0.202. The summed E-state index contributed by atoms with van der Waals surface area (Å²) < 4.78 is 5.52. The number of ketones is 1. The quantitative estimate of drug-likeness (QED) is 0.744. The van der Waals surface area contributed by atoms with Crippen LogP contribution in [0, 0.1) is 0 Å². The molecule has 0 saturated carbocycles. The summed E-state index contributed by atoms with van der Waals surface area (Å²) in [6.07, 6.45) is 3.86. The van der Waals surface area contributed by atoms with E-state index < -0.39 is 0 Å². The summed E-state index contributed by atoms with van der Waals surface area (Å²) >= 11 is 0. The summed E-state index contributed by atoms with van der Waals surface area (Å²) in [6, 6.07) is 8.10. The van der Waals surface area contributed by atoms with Gasteiger partial charge in [0.05, 0.1) is 6.10 Å². The molecule has 0 bridgehead atoms. The fourth-order valence-electron chi connectivity index (χ4n) is 2.44. The maximum absolute atomic E-state index is 12.2. The van der Waals surface area contributed by atoms with E-state index in [4.69, 9.17) is 4.74 Å². The van der Waals surface area contributed by atoms with Gasteiger partial charge in [0.1, 0.15) is 0 Å². The SMILES string of the molecule is CCC(C)(C)c1ccc(C(=O)CC2CCCO2)cc1. The molecule has 1 aromatic rings. The van der Waals surface area contributed by atoms with E-state index in [-0.39, 0.29) is 17.3 Å². The van der Waals surface area contributed by atoms with E-state index >= 15 is 0 Å². The molecule has 2 rings (SSSR count). The van der Waals surface area contributed by atoms with Crippen molar-refractivity contribution in [3.05, 3.63) is 35.4 Å². The molecule has 1 aliphatic rings. The Bertz CT molecular complexity index is 425. The van der Waals surface area contributed by atoms with Crippen LogP contribution in [0.3, 0.4) is 0 Å². The van der Waals surface area contributed by atoms with Crippen molar-refractivity contribution in [1.29, 1.82) is 0 Å². The van der Waals surface area contributed by atoms with Crippen LogP contribution < -0.4 is 0 Å². The van der Waals surface area contributed by atoms with Crippen molar-refractivity contribution in [2.45, 2.75) is 58.0 Å². The smallest absolute Gasteiger partial charge is 0.165 e. The number of ether oxygens (including phenoxy) is 1. The maximum Gasteiger partial charge on any atom is 0.165 e. The van der Waals surface area contributed by atoms with Gasteiger partial charge in [0.2, 0.25) is 0 Å². The van der Waals surface area contributed by atoms with Crippen LogP contribution in [0.2, 0.25) is 0 Å². The average molecular weight is 260 g/mol. The Hall–Kier alpha value is -1.15. The molecule has 1 aromatic carbocycles. The molecule has 1 fully saturated rings. The minimum absolute atomic E-state index is 0.138. The van der Waals surface area contributed by atoms with E-state index in [0.29, 0.717) is 6.42 Å². The topological polar surface area (TPSA) is 26.3 Å². The van der Waals surface area contributed by atoms with Gasteiger partial charge in [0.15, 0.2) is 5.78 Å². The predicted molar refractivity (Wildman–Crippen MR) is 77.7 cm³/mol. The summed E-state index contributed by atoms with van der Waals surface area (Å²) in [5.41, 5.74) is 2.28. The lowest BCUT2D eigenvalue weighted by Crippen LogP contribution is -2.16. The number of benzene rings is 1. The Kier molecular flexibility index (Phi) is 4.41. The Morgan fingerprint density at radius 3 is 2.53 bits per heavy atom. The van der Waals surface area contributed by atoms with Gasteiger partial charge in [0, 0.05) is 18.6 Å². The van der Waals surface area contributed by atoms with Gasteiger partial charge in [-0.1, -0.05) is 45.0 Å². The monoisotopic (exact) mass is 260 g/mol. The van der Waals surface area contributed by atoms with E-state index in [0.717, 1.165) is 31.4 Å². The van der Waals surface area contributed by atoms with Crippen LogP contribution >= 0.6 is 0 Å². The molecule has 0 aliphatic carbocycles. The first-order valence-electron chi connectivity index (χ1n) is 7.28. The molecule has 19 heavy (non-hydrogen) atoms.